The van der Waals surface area contributed by atoms with E-state index in [1.165, 1.54) is 24.3 Å². The van der Waals surface area contributed by atoms with Gasteiger partial charge in [-0.15, -0.1) is 0 Å². The molecule has 0 aliphatic carbocycles. The molecule has 33 heavy (non-hydrogen) atoms. The normalized spacial score (nSPS) is 22.0. The fourth-order valence-corrected chi connectivity index (χ4v) is 4.78. The molecule has 1 amide bonds. The molecule has 4 rings (SSSR count). The van der Waals surface area contributed by atoms with E-state index in [4.69, 9.17) is 28.0 Å². The molecular formula is C21H16Cl2F3N3O3S. The zero-order chi connectivity index (χ0) is 24.0. The van der Waals surface area contributed by atoms with Crippen LogP contribution in [0.25, 0.3) is 0 Å². The molecule has 2 aromatic carbocycles. The van der Waals surface area contributed by atoms with Crippen LogP contribution in [0, 0.1) is 6.92 Å². The molecular weight excluding hydrogens is 502 g/mol. The minimum Gasteiger partial charge on any atom is -0.410 e. The van der Waals surface area contributed by atoms with Gasteiger partial charge in [0.15, 0.2) is 5.71 Å². The predicted octanol–water partition coefficient (Wildman–Crippen LogP) is 5.17. The highest BCUT2D eigenvalue weighted by Crippen LogP contribution is 2.48. The summed E-state index contributed by atoms with van der Waals surface area (Å²) < 4.78 is 43.1. The van der Waals surface area contributed by atoms with Crippen molar-refractivity contribution in [2.75, 3.05) is 11.5 Å². The van der Waals surface area contributed by atoms with Crippen molar-refractivity contribution in [1.29, 1.82) is 0 Å². The van der Waals surface area contributed by atoms with E-state index >= 15 is 0 Å². The lowest BCUT2D eigenvalue weighted by Gasteiger charge is -2.29. The van der Waals surface area contributed by atoms with E-state index in [0.29, 0.717) is 11.1 Å². The van der Waals surface area contributed by atoms with Crippen LogP contribution in [0.5, 0.6) is 0 Å². The molecule has 6 nitrogen and oxygen atoms in total. The predicted molar refractivity (Wildman–Crippen MR) is 121 cm³/mol. The lowest BCUT2D eigenvalue weighted by atomic mass is 9.84. The second kappa shape index (κ2) is 8.73. The molecule has 2 aromatic rings. The number of carbonyl (C=O) groups is 1. The molecule has 2 aliphatic rings. The fraction of sp³-hybridized carbons (Fsp3) is 0.286. The van der Waals surface area contributed by atoms with Crippen LogP contribution in [0.15, 0.2) is 46.7 Å². The smallest absolute Gasteiger partial charge is 0.410 e. The van der Waals surface area contributed by atoms with Gasteiger partial charge in [0.25, 0.3) is 5.91 Å². The minimum atomic E-state index is -5.08. The van der Waals surface area contributed by atoms with E-state index < -0.39 is 23.1 Å². The van der Waals surface area contributed by atoms with Gasteiger partial charge < -0.3 is 15.4 Å². The van der Waals surface area contributed by atoms with E-state index in [9.17, 15) is 23.2 Å². The highest BCUT2D eigenvalue weighted by atomic mass is 35.5. The molecule has 1 saturated heterocycles. The highest BCUT2D eigenvalue weighted by molar-refractivity contribution is 8.00. The van der Waals surface area contributed by atoms with E-state index in [0.717, 1.165) is 23.6 Å². The second-order valence-corrected chi connectivity index (χ2v) is 9.50. The van der Waals surface area contributed by atoms with Gasteiger partial charge in [0.05, 0.1) is 0 Å². The molecule has 0 saturated carbocycles. The number of amides is 1. The Balaban J connectivity index is 1.72. The first-order valence-electron chi connectivity index (χ1n) is 9.59. The first-order chi connectivity index (χ1) is 15.6. The summed E-state index contributed by atoms with van der Waals surface area (Å²) in [5.74, 6) is 1.39. The van der Waals surface area contributed by atoms with E-state index in [-0.39, 0.29) is 33.3 Å². The second-order valence-electron chi connectivity index (χ2n) is 7.55. The van der Waals surface area contributed by atoms with Crippen molar-refractivity contribution in [1.82, 2.24) is 5.32 Å². The maximum atomic E-state index is 14.4. The number of thioether (sulfide) groups is 1. The first-order valence-corrected chi connectivity index (χ1v) is 11.5. The maximum absolute atomic E-state index is 14.4. The standard InChI is InChI=1S/C21H16Cl2F3N3O3S/c1-10-4-11(2-3-16(10)19(30)27-15-8-33-9-15)17-18(28-31)20(32-29-17,21(24,25)26)12-5-13(22)7-14(23)6-12/h2-7,15,31H,8-9H2,1H3,(H,27,30). The maximum Gasteiger partial charge on any atom is 0.441 e. The molecule has 0 radical (unpaired) electrons. The Labute approximate surface area is 200 Å². The number of rotatable bonds is 4. The number of carbonyl (C=O) groups excluding carboxylic acids is 1. The lowest BCUT2D eigenvalue weighted by molar-refractivity contribution is -0.250. The minimum absolute atomic E-state index is 0.0634. The van der Waals surface area contributed by atoms with Crippen molar-refractivity contribution >= 4 is 52.3 Å². The SMILES string of the molecule is Cc1cc(C2=NOC(c3cc(Cl)cc(Cl)c3)(C(F)(F)F)C2=NO)ccc1C(=O)NC1CSC1. The average molecular weight is 518 g/mol. The summed E-state index contributed by atoms with van der Waals surface area (Å²) in [7, 11) is 0. The summed E-state index contributed by atoms with van der Waals surface area (Å²) in [4.78, 5) is 17.4. The van der Waals surface area contributed by atoms with Gasteiger partial charge in [-0.25, -0.2) is 0 Å². The molecule has 0 spiro atoms. The zero-order valence-electron chi connectivity index (χ0n) is 16.9. The number of aryl methyl sites for hydroxylation is 1. The van der Waals surface area contributed by atoms with Crippen LogP contribution in [-0.2, 0) is 10.4 Å². The van der Waals surface area contributed by atoms with E-state index in [2.05, 4.69) is 15.6 Å². The van der Waals surface area contributed by atoms with Gasteiger partial charge in [-0.05, 0) is 42.8 Å². The molecule has 1 fully saturated rings. The molecule has 12 heteroatoms. The summed E-state index contributed by atoms with van der Waals surface area (Å²) >= 11 is 13.6. The number of alkyl halides is 3. The third-order valence-electron chi connectivity index (χ3n) is 5.32. The molecule has 0 bridgehead atoms. The van der Waals surface area contributed by atoms with Gasteiger partial charge in [0, 0.05) is 44.3 Å². The van der Waals surface area contributed by atoms with Gasteiger partial charge in [0.1, 0.15) is 5.71 Å². The van der Waals surface area contributed by atoms with Crippen molar-refractivity contribution in [3.8, 4) is 0 Å². The molecule has 1 unspecified atom stereocenters. The van der Waals surface area contributed by atoms with Gasteiger partial charge in [0.2, 0.25) is 0 Å². The molecule has 2 heterocycles. The molecule has 174 valence electrons. The Hall–Kier alpha value is -2.43. The number of oxime groups is 2. The number of hydrogen-bond donors (Lipinski definition) is 2. The molecule has 0 aromatic heterocycles. The molecule has 2 aliphatic heterocycles. The van der Waals surface area contributed by atoms with Crippen molar-refractivity contribution in [2.24, 2.45) is 10.3 Å². The fourth-order valence-electron chi connectivity index (χ4n) is 3.62. The third-order valence-corrected chi connectivity index (χ3v) is 7.03. The van der Waals surface area contributed by atoms with Crippen LogP contribution < -0.4 is 5.32 Å². The van der Waals surface area contributed by atoms with Gasteiger partial charge in [-0.1, -0.05) is 39.6 Å². The van der Waals surface area contributed by atoms with Crippen molar-refractivity contribution in [3.63, 3.8) is 0 Å². The Kier molecular flexibility index (Phi) is 6.28. The number of halogens is 5. The van der Waals surface area contributed by atoms with Crippen LogP contribution in [0.1, 0.15) is 27.0 Å². The largest absolute Gasteiger partial charge is 0.441 e. The van der Waals surface area contributed by atoms with Crippen molar-refractivity contribution in [3.05, 3.63) is 68.7 Å². The Morgan fingerprint density at radius 3 is 2.42 bits per heavy atom. The van der Waals surface area contributed by atoms with E-state index in [1.54, 1.807) is 18.7 Å². The quantitative estimate of drug-likeness (QED) is 0.432. The Morgan fingerprint density at radius 1 is 1.24 bits per heavy atom. The summed E-state index contributed by atoms with van der Waals surface area (Å²) in [5.41, 5.74) is -3.88. The number of nitrogens with one attached hydrogen (secondary N) is 1. The van der Waals surface area contributed by atoms with Crippen LogP contribution in [0.3, 0.4) is 0 Å². The number of hydrogen-bond acceptors (Lipinski definition) is 6. The Morgan fingerprint density at radius 2 is 1.91 bits per heavy atom. The van der Waals surface area contributed by atoms with Gasteiger partial charge in [-0.2, -0.15) is 24.9 Å². The van der Waals surface area contributed by atoms with Crippen LogP contribution in [0.4, 0.5) is 13.2 Å². The lowest BCUT2D eigenvalue weighted by Crippen LogP contribution is -2.50. The molecule has 2 N–H and O–H groups in total. The highest BCUT2D eigenvalue weighted by Gasteiger charge is 2.67. The summed E-state index contributed by atoms with van der Waals surface area (Å²) in [6, 6.07) is 7.77. The summed E-state index contributed by atoms with van der Waals surface area (Å²) in [6.45, 7) is 1.65. The van der Waals surface area contributed by atoms with Crippen molar-refractivity contribution in [2.45, 2.75) is 24.7 Å². The third kappa shape index (κ3) is 4.15. The topological polar surface area (TPSA) is 83.3 Å². The summed E-state index contributed by atoms with van der Waals surface area (Å²) in [5, 5.41) is 18.9. The van der Waals surface area contributed by atoms with E-state index in [1.807, 2.05) is 0 Å². The monoisotopic (exact) mass is 517 g/mol. The van der Waals surface area contributed by atoms with Crippen LogP contribution in [0.2, 0.25) is 10.0 Å². The number of benzene rings is 2. The zero-order valence-corrected chi connectivity index (χ0v) is 19.2. The first kappa shape index (κ1) is 23.7. The van der Waals surface area contributed by atoms with Gasteiger partial charge in [-0.3, -0.25) is 4.79 Å². The number of nitrogens with zero attached hydrogens (tertiary/aromatic N) is 2. The van der Waals surface area contributed by atoms with Crippen molar-refractivity contribution < 1.29 is 28.0 Å². The van der Waals surface area contributed by atoms with Gasteiger partial charge >= 0.3 is 11.8 Å². The average Bonchev–Trinajstić information content (AvgIpc) is 3.10. The summed E-state index contributed by atoms with van der Waals surface area (Å²) in [6.07, 6.45) is -5.08. The van der Waals surface area contributed by atoms with Crippen LogP contribution in [-0.4, -0.2) is 46.3 Å². The molecule has 1 atom stereocenters. The Bertz CT molecular complexity index is 1160. The van der Waals surface area contributed by atoms with Crippen LogP contribution >= 0.6 is 35.0 Å².